The summed E-state index contributed by atoms with van der Waals surface area (Å²) in [6, 6.07) is 175. The Morgan fingerprint density at radius 3 is 0.787 bits per heavy atom. The van der Waals surface area contributed by atoms with Crippen LogP contribution in [0.2, 0.25) is 0 Å². The molecule has 9 aromatic heterocycles. The third-order valence-electron chi connectivity index (χ3n) is 28.4. The van der Waals surface area contributed by atoms with Gasteiger partial charge in [-0.2, -0.15) is 0 Å². The van der Waals surface area contributed by atoms with Gasteiger partial charge in [-0.25, -0.2) is 44.9 Å². The lowest BCUT2D eigenvalue weighted by atomic mass is 10.0. The molecule has 0 unspecified atom stereocenters. The molecule has 30 aromatic rings. The van der Waals surface area contributed by atoms with Crippen LogP contribution in [0.3, 0.4) is 0 Å². The van der Waals surface area contributed by atoms with Crippen molar-refractivity contribution >= 4 is 131 Å². The number of benzene rings is 21. The second-order valence-electron chi connectivity index (χ2n) is 37.3. The molecule has 0 aliphatic rings. The van der Waals surface area contributed by atoms with Crippen molar-refractivity contribution in [2.24, 2.45) is 0 Å². The van der Waals surface area contributed by atoms with E-state index in [4.69, 9.17) is 58.1 Å². The molecule has 0 fully saturated rings. The molecule has 21 aromatic carbocycles. The summed E-state index contributed by atoms with van der Waals surface area (Å²) in [5.41, 5.74) is 30.1. The number of hydrogen-bond donors (Lipinski definition) is 0. The Morgan fingerprint density at radius 2 is 0.393 bits per heavy atom. The van der Waals surface area contributed by atoms with Gasteiger partial charge in [-0.1, -0.05) is 376 Å². The van der Waals surface area contributed by atoms with Crippen LogP contribution in [-0.4, -0.2) is 58.6 Å². The van der Waals surface area contributed by atoms with Crippen molar-refractivity contribution in [3.8, 4) is 153 Å². The standard InChI is InChI=1S/3C45H28N4O/c1-3-13-29(14-4-1)30-23-25-32(26-24-30)44-46-43(31-15-5-2-6-16-31)47-45(48-44)35-18-8-11-21-38(35)49-37-20-10-7-17-33(37)34-27-28-40-41(42(34)49)36-19-9-12-22-39(36)50-40;1-3-13-29(14-4-1)31-17-11-18-32(27-31)44-46-43(30-15-5-2-6-16-30)47-45(48-44)33-19-12-20-34(28-33)49-38-23-9-7-21-35(38)36-25-26-40-41(42(36)49)37-22-8-10-24-39(37)50-40;1-3-12-29(13-4-1)32-16-11-17-33(28-32)45-47-43(30-14-5-2-6-15-30)46-44(48-45)31-22-24-34(25-23-31)49-38-20-9-7-18-35(38)36-26-27-40-41(42(36)49)37-19-8-10-21-39(37)50-40/h3*1-28H. The minimum Gasteiger partial charge on any atom is -0.456 e. The van der Waals surface area contributed by atoms with Gasteiger partial charge in [0.1, 0.15) is 33.5 Å². The van der Waals surface area contributed by atoms with Gasteiger partial charge >= 0.3 is 0 Å². The van der Waals surface area contributed by atoms with Crippen molar-refractivity contribution in [3.63, 3.8) is 0 Å². The first kappa shape index (κ1) is 87.3. The van der Waals surface area contributed by atoms with Gasteiger partial charge < -0.3 is 27.0 Å². The molecule has 15 heteroatoms. The summed E-state index contributed by atoms with van der Waals surface area (Å²) in [5.74, 6) is 5.60. The lowest BCUT2D eigenvalue weighted by Gasteiger charge is -2.15. The normalized spacial score (nSPS) is 11.6. The van der Waals surface area contributed by atoms with Crippen LogP contribution in [-0.2, 0) is 0 Å². The van der Waals surface area contributed by atoms with Crippen molar-refractivity contribution in [3.05, 3.63) is 510 Å². The van der Waals surface area contributed by atoms with E-state index in [0.29, 0.717) is 52.4 Å². The molecule has 0 bridgehead atoms. The number of rotatable bonds is 15. The van der Waals surface area contributed by atoms with Crippen LogP contribution in [0.5, 0.6) is 0 Å². The van der Waals surface area contributed by atoms with E-state index in [2.05, 4.69) is 378 Å². The molecule has 0 saturated carbocycles. The van der Waals surface area contributed by atoms with Crippen LogP contribution in [0.1, 0.15) is 0 Å². The van der Waals surface area contributed by atoms with Crippen LogP contribution >= 0.6 is 0 Å². The highest BCUT2D eigenvalue weighted by Crippen LogP contribution is 2.48. The maximum atomic E-state index is 6.38. The Morgan fingerprint density at radius 1 is 0.140 bits per heavy atom. The summed E-state index contributed by atoms with van der Waals surface area (Å²) in [6.07, 6.45) is 0. The molecule has 9 heterocycles. The van der Waals surface area contributed by atoms with Gasteiger partial charge in [0, 0.05) is 110 Å². The van der Waals surface area contributed by atoms with Crippen LogP contribution in [0.25, 0.3) is 284 Å². The van der Waals surface area contributed by atoms with Crippen LogP contribution < -0.4 is 0 Å². The van der Waals surface area contributed by atoms with Gasteiger partial charge in [0.15, 0.2) is 52.4 Å². The fraction of sp³-hybridized carbons (Fsp3) is 0. The van der Waals surface area contributed by atoms with Gasteiger partial charge in [-0.3, -0.25) is 0 Å². The Labute approximate surface area is 859 Å². The fourth-order valence-electron chi connectivity index (χ4n) is 21.4. The number of para-hydroxylation sites is 7. The SMILES string of the molecule is c1ccc(-c2ccc(-c3nc(-c4ccccc4)nc(-c4ccccc4-n4c5ccccc5c5ccc6oc7ccccc7c6c54)n3)cc2)cc1.c1ccc(-c2cccc(-c3nc(-c4ccccc4)nc(-c4ccc(-n5c6ccccc6c6ccc7oc8ccccc8c7c65)cc4)n3)c2)cc1.c1ccc(-c2cccc(-c3nc(-c4ccccc4)nc(-c4cccc(-n5c6ccccc6c6ccc7oc8ccccc8c7c65)c4)n3)c2)cc1. The maximum Gasteiger partial charge on any atom is 0.166 e. The summed E-state index contributed by atoms with van der Waals surface area (Å²) in [4.78, 5) is 45.6. The van der Waals surface area contributed by atoms with E-state index in [1.165, 1.54) is 32.5 Å². The number of furan rings is 3. The zero-order chi connectivity index (χ0) is 99.1. The van der Waals surface area contributed by atoms with E-state index in [-0.39, 0.29) is 0 Å². The van der Waals surface area contributed by atoms with Gasteiger partial charge in [-0.15, -0.1) is 0 Å². The minimum absolute atomic E-state index is 0.603. The Hall–Kier alpha value is -20.6. The minimum atomic E-state index is 0.603. The van der Waals surface area contributed by atoms with Gasteiger partial charge in [0.2, 0.25) is 0 Å². The molecule has 30 rings (SSSR count). The topological polar surface area (TPSA) is 170 Å². The summed E-state index contributed by atoms with van der Waals surface area (Å²) in [6.45, 7) is 0. The highest BCUT2D eigenvalue weighted by atomic mass is 16.3. The van der Waals surface area contributed by atoms with Gasteiger partial charge in [0.05, 0.1) is 54.9 Å². The van der Waals surface area contributed by atoms with E-state index in [1.54, 1.807) is 0 Å². The molecule has 0 saturated heterocycles. The average Bonchev–Trinajstić information content (AvgIpc) is 1.56. The number of nitrogens with zero attached hydrogens (tertiary/aromatic N) is 12. The van der Waals surface area contributed by atoms with Crippen molar-refractivity contribution in [1.82, 2.24) is 58.6 Å². The number of aromatic nitrogens is 12. The molecule has 0 aliphatic heterocycles. The Kier molecular flexibility index (Phi) is 21.5. The highest BCUT2D eigenvalue weighted by Gasteiger charge is 2.28. The fourth-order valence-corrected chi connectivity index (χ4v) is 21.4. The van der Waals surface area contributed by atoms with E-state index in [9.17, 15) is 0 Å². The predicted octanol–water partition coefficient (Wildman–Crippen LogP) is 34.6. The molecular formula is C135H84N12O3. The smallest absolute Gasteiger partial charge is 0.166 e. The number of hydrogen-bond acceptors (Lipinski definition) is 12. The molecular weight excluding hydrogens is 1840 g/mol. The second-order valence-corrected chi connectivity index (χ2v) is 37.3. The third-order valence-corrected chi connectivity index (χ3v) is 28.4. The second kappa shape index (κ2) is 37.0. The summed E-state index contributed by atoms with van der Waals surface area (Å²) < 4.78 is 26.1. The van der Waals surface area contributed by atoms with E-state index >= 15 is 0 Å². The lowest BCUT2D eigenvalue weighted by molar-refractivity contribution is 0.669. The Balaban J connectivity index is 0.000000108. The zero-order valence-corrected chi connectivity index (χ0v) is 80.6. The number of fused-ring (bicyclic) bond motifs is 21. The molecule has 150 heavy (non-hydrogen) atoms. The Bertz CT molecular complexity index is 10500. The van der Waals surface area contributed by atoms with Crippen LogP contribution in [0, 0.1) is 0 Å². The first-order chi connectivity index (χ1) is 74.4. The molecule has 0 spiro atoms. The third kappa shape index (κ3) is 15.6. The molecule has 0 N–H and O–H groups in total. The molecule has 0 amide bonds. The molecule has 702 valence electrons. The van der Waals surface area contributed by atoms with E-state index < -0.39 is 0 Å². The van der Waals surface area contributed by atoms with E-state index in [0.717, 1.165) is 199 Å². The lowest BCUT2D eigenvalue weighted by Crippen LogP contribution is -2.03. The summed E-state index contributed by atoms with van der Waals surface area (Å²) in [7, 11) is 0. The molecule has 0 atom stereocenters. The summed E-state index contributed by atoms with van der Waals surface area (Å²) in [5, 5.41) is 13.7. The largest absolute Gasteiger partial charge is 0.456 e. The zero-order valence-electron chi connectivity index (χ0n) is 80.6. The first-order valence-corrected chi connectivity index (χ1v) is 50.1. The van der Waals surface area contributed by atoms with Crippen LogP contribution in [0.4, 0.5) is 0 Å². The average molecular weight is 1920 g/mol. The molecule has 0 radical (unpaired) electrons. The quantitative estimate of drug-likeness (QED) is 0.0953. The van der Waals surface area contributed by atoms with Crippen molar-refractivity contribution in [2.75, 3.05) is 0 Å². The highest BCUT2D eigenvalue weighted by molar-refractivity contribution is 6.28. The monoisotopic (exact) mass is 1920 g/mol. The van der Waals surface area contributed by atoms with E-state index in [1.807, 2.05) is 146 Å². The van der Waals surface area contributed by atoms with Crippen molar-refractivity contribution in [1.29, 1.82) is 0 Å². The maximum absolute atomic E-state index is 6.38. The van der Waals surface area contributed by atoms with Gasteiger partial charge in [-0.05, 0) is 167 Å². The van der Waals surface area contributed by atoms with Crippen LogP contribution in [0.15, 0.2) is 523 Å². The van der Waals surface area contributed by atoms with Crippen molar-refractivity contribution < 1.29 is 13.3 Å². The molecule has 15 nitrogen and oxygen atoms in total. The van der Waals surface area contributed by atoms with Gasteiger partial charge in [0.25, 0.3) is 0 Å². The first-order valence-electron chi connectivity index (χ1n) is 50.1. The molecule has 0 aliphatic carbocycles. The van der Waals surface area contributed by atoms with Crippen molar-refractivity contribution in [2.45, 2.75) is 0 Å². The summed E-state index contributed by atoms with van der Waals surface area (Å²) >= 11 is 0. The predicted molar refractivity (Wildman–Crippen MR) is 610 cm³/mol.